The van der Waals surface area contributed by atoms with Crippen LogP contribution in [0.15, 0.2) is 0 Å². The van der Waals surface area contributed by atoms with E-state index in [1.165, 1.54) is 5.06 Å². The van der Waals surface area contributed by atoms with Crippen molar-refractivity contribution < 1.29 is 45.4 Å². The van der Waals surface area contributed by atoms with E-state index in [0.29, 0.717) is 0 Å². The molecule has 0 aromatic heterocycles. The minimum absolute atomic E-state index is 0. The largest absolute Gasteiger partial charge is 1.00 e. The summed E-state index contributed by atoms with van der Waals surface area (Å²) in [6.45, 7) is 1.64. The Morgan fingerprint density at radius 2 is 2.00 bits per heavy atom. The zero-order valence-electron chi connectivity index (χ0n) is 5.61. The average molecular weight is 147 g/mol. The van der Waals surface area contributed by atoms with Gasteiger partial charge in [-0.05, 0) is 0 Å². The fourth-order valence-corrected chi connectivity index (χ4v) is 0.596. The van der Waals surface area contributed by atoms with Crippen molar-refractivity contribution in [2.75, 3.05) is 13.1 Å². The van der Waals surface area contributed by atoms with Crippen molar-refractivity contribution in [3.05, 3.63) is 0 Å². The second kappa shape index (κ2) is 4.14. The first-order valence-corrected chi connectivity index (χ1v) is 3.06. The molecule has 0 bridgehead atoms. The van der Waals surface area contributed by atoms with Crippen LogP contribution in [0.1, 0.15) is 1.43 Å². The number of hydroxylamine groups is 2. The van der Waals surface area contributed by atoms with Crippen LogP contribution < -0.4 is 29.6 Å². The Hall–Kier alpha value is 1.27. The van der Waals surface area contributed by atoms with Crippen molar-refractivity contribution in [3.63, 3.8) is 0 Å². The third-order valence-corrected chi connectivity index (χ3v) is 0.972. The average Bonchev–Trinajstić information content (AvgIpc) is 2.17. The van der Waals surface area contributed by atoms with Gasteiger partial charge in [-0.25, -0.2) is 4.62 Å². The Bertz CT molecular complexity index is 72.8. The van der Waals surface area contributed by atoms with E-state index in [0.717, 1.165) is 13.1 Å². The molecular weight excluding hydrogens is 140 g/mol. The molecule has 0 aliphatic carbocycles. The third-order valence-electron chi connectivity index (χ3n) is 0.595. The predicted molar refractivity (Wildman–Crippen MR) is 25.1 cm³/mol. The summed E-state index contributed by atoms with van der Waals surface area (Å²) in [5.74, 6) is 0. The molecular formula is C2H7NNaO3P. The minimum Gasteiger partial charge on any atom is -1.00 e. The summed E-state index contributed by atoms with van der Waals surface area (Å²) < 4.78 is 4.37. The van der Waals surface area contributed by atoms with Gasteiger partial charge in [-0.2, -0.15) is 5.06 Å². The van der Waals surface area contributed by atoms with E-state index in [9.17, 15) is 0 Å². The zero-order chi connectivity index (χ0) is 5.28. The zero-order valence-corrected chi connectivity index (χ0v) is 7.51. The Morgan fingerprint density at radius 1 is 1.50 bits per heavy atom. The van der Waals surface area contributed by atoms with Gasteiger partial charge >= 0.3 is 38.2 Å². The van der Waals surface area contributed by atoms with Gasteiger partial charge < -0.3 is 11.2 Å². The molecule has 0 radical (unpaired) electrons. The fourth-order valence-electron chi connectivity index (χ4n) is 0.226. The third kappa shape index (κ3) is 4.18. The topological polar surface area (TPSA) is 52.7 Å². The molecule has 1 saturated heterocycles. The van der Waals surface area contributed by atoms with Crippen LogP contribution in [0.25, 0.3) is 0 Å². The molecule has 0 amide bonds. The van der Waals surface area contributed by atoms with Crippen molar-refractivity contribution >= 4 is 8.60 Å². The molecule has 6 heteroatoms. The van der Waals surface area contributed by atoms with Gasteiger partial charge in [-0.1, -0.05) is 0 Å². The van der Waals surface area contributed by atoms with E-state index in [-0.39, 0.29) is 31.0 Å². The summed E-state index contributed by atoms with van der Waals surface area (Å²) in [5.41, 5.74) is 0. The summed E-state index contributed by atoms with van der Waals surface area (Å²) in [4.78, 5) is 16.2. The Kier molecular flexibility index (Phi) is 4.80. The van der Waals surface area contributed by atoms with E-state index >= 15 is 0 Å². The van der Waals surface area contributed by atoms with Crippen LogP contribution in [0.3, 0.4) is 0 Å². The van der Waals surface area contributed by atoms with Crippen LogP contribution in [0.2, 0.25) is 0 Å². The predicted octanol–water partition coefficient (Wildman–Crippen LogP) is -3.44. The van der Waals surface area contributed by atoms with E-state index in [4.69, 9.17) is 9.79 Å². The molecule has 0 saturated carbocycles. The maximum Gasteiger partial charge on any atom is 1.00 e. The van der Waals surface area contributed by atoms with E-state index in [2.05, 4.69) is 4.62 Å². The van der Waals surface area contributed by atoms with Crippen molar-refractivity contribution in [2.45, 2.75) is 0 Å². The molecule has 2 N–H and O–H groups in total. The molecule has 0 atom stereocenters. The number of rotatable bonds is 2. The summed E-state index contributed by atoms with van der Waals surface area (Å²) in [6, 6.07) is 0. The van der Waals surface area contributed by atoms with Crippen molar-refractivity contribution in [2.24, 2.45) is 0 Å². The Balaban J connectivity index is 0. The van der Waals surface area contributed by atoms with Crippen LogP contribution in [0.4, 0.5) is 0 Å². The van der Waals surface area contributed by atoms with Crippen LogP contribution >= 0.6 is 8.60 Å². The second-order valence-corrected chi connectivity index (χ2v) is 1.93. The van der Waals surface area contributed by atoms with E-state index in [1.807, 2.05) is 0 Å². The molecule has 4 nitrogen and oxygen atoms in total. The SMILES string of the molecule is OP(O)ON1CC1.[H-].[Na+]. The van der Waals surface area contributed by atoms with Gasteiger partial charge in [0.15, 0.2) is 0 Å². The van der Waals surface area contributed by atoms with Crippen LogP contribution in [0, 0.1) is 0 Å². The van der Waals surface area contributed by atoms with Crippen molar-refractivity contribution in [1.29, 1.82) is 0 Å². The monoisotopic (exact) mass is 147 g/mol. The Morgan fingerprint density at radius 3 is 2.12 bits per heavy atom. The van der Waals surface area contributed by atoms with Crippen LogP contribution in [0.5, 0.6) is 0 Å². The Labute approximate surface area is 72.2 Å². The summed E-state index contributed by atoms with van der Waals surface area (Å²) in [7, 11) is -2.15. The smallest absolute Gasteiger partial charge is 1.00 e. The quantitative estimate of drug-likeness (QED) is 0.242. The number of hydrogen-bond donors (Lipinski definition) is 2. The second-order valence-electron chi connectivity index (χ2n) is 1.26. The molecule has 1 aliphatic heterocycles. The molecule has 0 unspecified atom stereocenters. The molecule has 0 aromatic rings. The van der Waals surface area contributed by atoms with Crippen molar-refractivity contribution in [1.82, 2.24) is 5.06 Å². The van der Waals surface area contributed by atoms with Gasteiger partial charge in [0.1, 0.15) is 0 Å². The molecule has 1 aliphatic rings. The van der Waals surface area contributed by atoms with Gasteiger partial charge in [0.05, 0.1) is 0 Å². The molecule has 8 heavy (non-hydrogen) atoms. The summed E-state index contributed by atoms with van der Waals surface area (Å²) in [6.07, 6.45) is 0. The summed E-state index contributed by atoms with van der Waals surface area (Å²) in [5, 5.41) is 1.48. The molecule has 44 valence electrons. The molecule has 1 heterocycles. The first-order chi connectivity index (χ1) is 3.29. The standard InChI is InChI=1S/C2H6NO3P.Na.H/c4-7(5)6-3-1-2-3;;/h4-5H,1-2H2;;/q;+1;-1. The normalized spacial score (nSPS) is 18.4. The van der Waals surface area contributed by atoms with Gasteiger partial charge in [-0.15, -0.1) is 0 Å². The maximum atomic E-state index is 8.12. The van der Waals surface area contributed by atoms with Gasteiger partial charge in [0, 0.05) is 13.1 Å². The van der Waals surface area contributed by atoms with Gasteiger partial charge in [-0.3, -0.25) is 0 Å². The fraction of sp³-hybridized carbons (Fsp3) is 1.00. The summed E-state index contributed by atoms with van der Waals surface area (Å²) >= 11 is 0. The van der Waals surface area contributed by atoms with Crippen molar-refractivity contribution in [3.8, 4) is 0 Å². The van der Waals surface area contributed by atoms with Gasteiger partial charge in [0.25, 0.3) is 0 Å². The first kappa shape index (κ1) is 9.27. The van der Waals surface area contributed by atoms with Gasteiger partial charge in [0.2, 0.25) is 0 Å². The molecule has 0 aromatic carbocycles. The number of hydrogen-bond acceptors (Lipinski definition) is 4. The first-order valence-electron chi connectivity index (χ1n) is 1.90. The van der Waals surface area contributed by atoms with E-state index < -0.39 is 8.60 Å². The van der Waals surface area contributed by atoms with Crippen LogP contribution in [-0.4, -0.2) is 27.9 Å². The maximum absolute atomic E-state index is 8.12. The minimum atomic E-state index is -2.15. The molecule has 1 rings (SSSR count). The molecule has 0 spiro atoms. The number of nitrogens with zero attached hydrogens (tertiary/aromatic N) is 1. The van der Waals surface area contributed by atoms with E-state index in [1.54, 1.807) is 0 Å². The van der Waals surface area contributed by atoms with Crippen LogP contribution in [-0.2, 0) is 4.62 Å². The molecule has 1 fully saturated rings.